The van der Waals surface area contributed by atoms with Crippen molar-refractivity contribution in [3.05, 3.63) is 157 Å². The Morgan fingerprint density at radius 2 is 0.752 bits per heavy atom. The van der Waals surface area contributed by atoms with E-state index in [1.807, 2.05) is 10.5 Å². The number of aliphatic hydroxyl groups excluding tert-OH is 4. The van der Waals surface area contributed by atoms with E-state index in [4.69, 9.17) is 86.1 Å². The molecule has 642 valence electrons. The lowest BCUT2D eigenvalue weighted by atomic mass is 10.1. The minimum absolute atomic E-state index is 0.00728. The second kappa shape index (κ2) is 35.9. The molecule has 9 saturated heterocycles. The second-order valence-corrected chi connectivity index (χ2v) is 30.8. The Kier molecular flexibility index (Phi) is 27.1. The number of hydrogen-bond donors (Lipinski definition) is 9. The summed E-state index contributed by atoms with van der Waals surface area (Å²) in [5, 5.41) is 50.3. The number of aromatic amines is 3. The van der Waals surface area contributed by atoms with Crippen molar-refractivity contribution in [1.29, 1.82) is 0 Å². The summed E-state index contributed by atoms with van der Waals surface area (Å²) in [4.78, 5) is 147. The lowest BCUT2D eigenvalue weighted by Gasteiger charge is -2.25. The molecule has 6 aromatic rings. The Hall–Kier alpha value is -9.57. The molecule has 9 aliphatic heterocycles. The number of aromatic nitrogens is 13. The number of carbonyl (C=O) groups is 3. The molecule has 6 aromatic heterocycles. The third kappa shape index (κ3) is 20.2. The number of aliphatic hydroxyl groups is 4. The molecule has 0 unspecified atom stereocenters. The van der Waals surface area contributed by atoms with Gasteiger partial charge in [0.25, 0.3) is 16.7 Å². The van der Waals surface area contributed by atoms with Crippen LogP contribution in [-0.2, 0) is 90.2 Å². The van der Waals surface area contributed by atoms with Crippen molar-refractivity contribution in [1.82, 2.24) is 62.5 Å². The van der Waals surface area contributed by atoms with Gasteiger partial charge in [0.1, 0.15) is 124 Å². The first kappa shape index (κ1) is 88.2. The first-order valence-corrected chi connectivity index (χ1v) is 37.3. The highest BCUT2D eigenvalue weighted by Crippen LogP contribution is 2.47. The summed E-state index contributed by atoms with van der Waals surface area (Å²) in [6.07, 6.45) is -4.68. The number of fused-ring (bicyclic) bond motifs is 4. The van der Waals surface area contributed by atoms with Gasteiger partial charge in [-0.2, -0.15) is 15.1 Å². The average Bonchev–Trinajstić information content (AvgIpc) is 1.63. The number of carbonyl (C=O) groups excluding carboxylic acids is 3. The van der Waals surface area contributed by atoms with Crippen LogP contribution in [0.5, 0.6) is 0 Å². The van der Waals surface area contributed by atoms with Gasteiger partial charge in [-0.3, -0.25) is 77.2 Å². The third-order valence-corrected chi connectivity index (χ3v) is 19.1. The first-order valence-electron chi connectivity index (χ1n) is 37.3. The molecule has 0 radical (unpaired) electrons. The van der Waals surface area contributed by atoms with E-state index in [0.29, 0.717) is 5.82 Å². The Morgan fingerprint density at radius 3 is 1.07 bits per heavy atom. The SMILES string of the molecule is CC(C)C(=O)OC[C@H]1O[C@@H](n2ccc(-n3cncn3)nc2=O)[C@@H]2OC(C)(C)O[C@@H]21.CC(C)C(=O)OC[C@H]1O[C@@H](n2ccc(=O)[nH]c2=O)[C@@H]2OC(C)(C)O[C@@H]21.CC(C)C(=O)OC[C@H]1O[C@@H](n2ccc(NO)nc2=O)[C@@H]2OC(C)(C)O[C@@H]21.CC1(C)O[C@@H]2[C@H](O1)[C@@H](CO)O[C@H]2n1ccc(=O)[nH]c1=O.O=c1ccn([C@@H]2O[C@H](CO)[C@@H](O)[C@H]2O)c(=O)[nH]1. The molecule has 9 N–H and O–H groups in total. The molecule has 117 heavy (non-hydrogen) atoms. The van der Waals surface area contributed by atoms with Gasteiger partial charge in [-0.25, -0.2) is 33.6 Å². The lowest BCUT2D eigenvalue weighted by molar-refractivity contribution is -0.203. The van der Waals surface area contributed by atoms with Crippen LogP contribution in [0, 0.1) is 17.8 Å². The fourth-order valence-corrected chi connectivity index (χ4v) is 13.8. The number of hydrogen-bond acceptors (Lipinski definition) is 37. The average molecular weight is 1660 g/mol. The lowest BCUT2D eigenvalue weighted by Crippen LogP contribution is -2.37. The van der Waals surface area contributed by atoms with Gasteiger partial charge in [0.15, 0.2) is 65.9 Å². The summed E-state index contributed by atoms with van der Waals surface area (Å²) in [7, 11) is 0. The summed E-state index contributed by atoms with van der Waals surface area (Å²) in [5.74, 6) is -4.81. The Bertz CT molecular complexity index is 4970. The molecule has 46 nitrogen and oxygen atoms in total. The zero-order valence-electron chi connectivity index (χ0n) is 66.0. The van der Waals surface area contributed by atoms with Crippen LogP contribution < -0.4 is 50.6 Å². The highest BCUT2D eigenvalue weighted by Gasteiger charge is 2.60. The summed E-state index contributed by atoms with van der Waals surface area (Å²) < 4.78 is 98.7. The van der Waals surface area contributed by atoms with Gasteiger partial charge >= 0.3 is 46.4 Å². The van der Waals surface area contributed by atoms with Crippen LogP contribution in [0.25, 0.3) is 5.82 Å². The molecule has 0 aromatic carbocycles. The Balaban J connectivity index is 0.000000145. The quantitative estimate of drug-likeness (QED) is 0.0241. The molecule has 0 spiro atoms. The molecule has 46 heteroatoms. The van der Waals surface area contributed by atoms with E-state index in [0.717, 1.165) is 16.8 Å². The van der Waals surface area contributed by atoms with Gasteiger partial charge in [-0.1, -0.05) is 41.5 Å². The van der Waals surface area contributed by atoms with E-state index < -0.39 is 198 Å². The predicted octanol–water partition coefficient (Wildman–Crippen LogP) is -2.65. The maximum atomic E-state index is 12.7. The molecule has 15 rings (SSSR count). The van der Waals surface area contributed by atoms with Crippen molar-refractivity contribution in [3.63, 3.8) is 0 Å². The largest absolute Gasteiger partial charge is 0.463 e. The number of nitrogens with zero attached hydrogens (tertiary/aromatic N) is 10. The van der Waals surface area contributed by atoms with Gasteiger partial charge in [-0.15, -0.1) is 0 Å². The highest BCUT2D eigenvalue weighted by atomic mass is 16.8. The van der Waals surface area contributed by atoms with Crippen molar-refractivity contribution in [2.75, 3.05) is 38.5 Å². The molecule has 0 bridgehead atoms. The summed E-state index contributed by atoms with van der Waals surface area (Å²) >= 11 is 0. The van der Waals surface area contributed by atoms with E-state index in [2.05, 4.69) is 30.0 Å². The van der Waals surface area contributed by atoms with Crippen molar-refractivity contribution < 1.29 is 116 Å². The summed E-state index contributed by atoms with van der Waals surface area (Å²) in [5.41, 5.74) is -2.84. The molecule has 0 amide bonds. The van der Waals surface area contributed by atoms with Crippen LogP contribution in [0.15, 0.2) is 112 Å². The van der Waals surface area contributed by atoms with E-state index in [9.17, 15) is 68.1 Å². The standard InChI is InChI=1S/C18H23N5O6.C16H23N3O7.C16H22N2O7.C12H16N2O6.C9H12N2O6/c1-10(2)16(24)26-7-11-13-14(29-18(3,4)28-13)15(27-11)22-6-5-12(21-17(22)25)23-9-19-8-20-23;1-8(2)14(20)23-7-9-11-12(26-16(3,4)25-11)13(24-9)19-6-5-10(18-22)17-15(19)21;1-8(2)14(20)22-7-9-11-12(25-16(3,4)24-11)13(23-9)18-6-5-10(19)17-15(18)21;1-12(2)19-8-6(5-15)18-10(9(8)20-12)14-4-3-7(16)13-11(14)17;12-3-4-6(14)7(15)8(17-4)11-2-1-5(13)10-9(11)16/h5-6,8-11,13-15H,7H2,1-4H3;5-6,8-9,11-13,22H,7H2,1-4H3,(H,17,18,21);5-6,8-9,11-13H,7H2,1-4H3,(H,17,19,21);3-4,6,8-10,15H,5H2,1-2H3,(H,13,16,17);1-2,4,6-8,12,14-15H,3H2,(H,10,13,16)/t11-,13-,14-,15-;2*9-,11-,12-,13-;6-,8-,9-,10-;4-,6-,7-,8-/m11111/s1. The highest BCUT2D eigenvalue weighted by molar-refractivity contribution is 5.72. The second-order valence-electron chi connectivity index (χ2n) is 30.8. The third-order valence-electron chi connectivity index (χ3n) is 19.1. The summed E-state index contributed by atoms with van der Waals surface area (Å²) in [6, 6.07) is 6.60. The van der Waals surface area contributed by atoms with Crippen LogP contribution in [-0.4, -0.2) is 254 Å². The molecule has 9 fully saturated rings. The fraction of sp³-hybridized carbons (Fsp3) is 0.648. The van der Waals surface area contributed by atoms with Gasteiger partial charge in [0, 0.05) is 49.2 Å². The van der Waals surface area contributed by atoms with Crippen LogP contribution in [0.4, 0.5) is 5.82 Å². The van der Waals surface area contributed by atoms with Crippen molar-refractivity contribution in [3.8, 4) is 5.82 Å². The number of nitrogens with one attached hydrogen (secondary N) is 4. The van der Waals surface area contributed by atoms with E-state index in [1.165, 1.54) is 72.4 Å². The molecular formula is C71H96N14O32. The number of esters is 3. The van der Waals surface area contributed by atoms with E-state index in [-0.39, 0.29) is 67.9 Å². The zero-order valence-corrected chi connectivity index (χ0v) is 66.0. The van der Waals surface area contributed by atoms with Crippen LogP contribution in [0.2, 0.25) is 0 Å². The normalized spacial score (nSPS) is 30.8. The maximum absolute atomic E-state index is 12.7. The molecule has 15 heterocycles. The van der Waals surface area contributed by atoms with Crippen LogP contribution >= 0.6 is 0 Å². The number of rotatable bonds is 18. The number of H-pyrrole nitrogens is 3. The molecule has 0 saturated carbocycles. The minimum atomic E-state index is -1.35. The monoisotopic (exact) mass is 1660 g/mol. The Labute approximate surface area is 662 Å². The van der Waals surface area contributed by atoms with Crippen LogP contribution in [0.3, 0.4) is 0 Å². The van der Waals surface area contributed by atoms with E-state index in [1.54, 1.807) is 109 Å². The molecule has 20 atom stereocenters. The minimum Gasteiger partial charge on any atom is -0.463 e. The number of anilines is 1. The smallest absolute Gasteiger partial charge is 0.351 e. The van der Waals surface area contributed by atoms with Crippen molar-refractivity contribution in [2.24, 2.45) is 17.8 Å². The Morgan fingerprint density at radius 1 is 0.436 bits per heavy atom. The van der Waals surface area contributed by atoms with Crippen molar-refractivity contribution >= 4 is 23.7 Å². The van der Waals surface area contributed by atoms with Gasteiger partial charge < -0.3 is 96.2 Å². The van der Waals surface area contributed by atoms with Gasteiger partial charge in [-0.05, 0) is 67.5 Å². The van der Waals surface area contributed by atoms with Crippen LogP contribution in [0.1, 0.15) is 128 Å². The fourth-order valence-electron chi connectivity index (χ4n) is 13.8. The van der Waals surface area contributed by atoms with Gasteiger partial charge in [0.2, 0.25) is 0 Å². The summed E-state index contributed by atoms with van der Waals surface area (Å²) in [6.45, 7) is 23.9. The molecule has 9 aliphatic rings. The van der Waals surface area contributed by atoms with E-state index >= 15 is 0 Å². The maximum Gasteiger partial charge on any atom is 0.351 e. The van der Waals surface area contributed by atoms with Gasteiger partial charge in [0.05, 0.1) is 31.0 Å². The van der Waals surface area contributed by atoms with Crippen molar-refractivity contribution in [2.45, 2.75) is 243 Å². The molecule has 0 aliphatic carbocycles. The first-order chi connectivity index (χ1) is 55.1. The predicted molar refractivity (Wildman–Crippen MR) is 390 cm³/mol. The topological polar surface area (TPSA) is 577 Å². The number of ether oxygens (including phenoxy) is 16. The molecular weight excluding hydrogens is 1560 g/mol. The zero-order chi connectivity index (χ0) is 85.2.